The number of nitrogens with zero attached hydrogens (tertiary/aromatic N) is 2. The first-order valence-electron chi connectivity index (χ1n) is 7.97. The zero-order chi connectivity index (χ0) is 15.7. The molecule has 1 atom stereocenters. The van der Waals surface area contributed by atoms with Gasteiger partial charge in [0.25, 0.3) is 5.91 Å². The molecule has 0 saturated carbocycles. The first kappa shape index (κ1) is 15.4. The van der Waals surface area contributed by atoms with E-state index in [9.17, 15) is 9.59 Å². The van der Waals surface area contributed by atoms with Crippen LogP contribution in [0.3, 0.4) is 0 Å². The molecule has 22 heavy (non-hydrogen) atoms. The molecule has 1 saturated heterocycles. The van der Waals surface area contributed by atoms with Crippen LogP contribution < -0.4 is 4.90 Å². The number of carbonyl (C=O) groups excluding carboxylic acids is 2. The van der Waals surface area contributed by atoms with Crippen molar-refractivity contribution in [3.8, 4) is 0 Å². The van der Waals surface area contributed by atoms with Gasteiger partial charge in [-0.05, 0) is 45.2 Å². The lowest BCUT2D eigenvalue weighted by Crippen LogP contribution is -2.58. The van der Waals surface area contributed by atoms with Gasteiger partial charge in [-0.25, -0.2) is 0 Å². The maximum Gasteiger partial charge on any atom is 0.252 e. The molecule has 1 aromatic carbocycles. The smallest absolute Gasteiger partial charge is 0.252 e. The Morgan fingerprint density at radius 2 is 1.91 bits per heavy atom. The second-order valence-electron chi connectivity index (χ2n) is 6.01. The predicted octanol–water partition coefficient (Wildman–Crippen LogP) is 2.92. The molecule has 4 nitrogen and oxygen atoms in total. The van der Waals surface area contributed by atoms with E-state index in [0.717, 1.165) is 36.5 Å². The number of para-hydroxylation sites is 1. The van der Waals surface area contributed by atoms with Crippen LogP contribution in [-0.4, -0.2) is 41.1 Å². The molecule has 0 aliphatic carbocycles. The van der Waals surface area contributed by atoms with Gasteiger partial charge >= 0.3 is 0 Å². The molecular weight excluding hydrogens is 296 g/mol. The van der Waals surface area contributed by atoms with E-state index < -0.39 is 4.75 Å². The zero-order valence-corrected chi connectivity index (χ0v) is 14.0. The highest BCUT2D eigenvalue weighted by Crippen LogP contribution is 2.46. The largest absolute Gasteiger partial charge is 0.341 e. The lowest BCUT2D eigenvalue weighted by atomic mass is 10.0. The molecule has 118 valence electrons. The van der Waals surface area contributed by atoms with Gasteiger partial charge in [0.2, 0.25) is 5.91 Å². The van der Waals surface area contributed by atoms with Crippen LogP contribution in [0.25, 0.3) is 0 Å². The molecular formula is C17H22N2O2S. The van der Waals surface area contributed by atoms with Gasteiger partial charge in [-0.1, -0.05) is 23.9 Å². The molecule has 5 heteroatoms. The number of hydrogen-bond acceptors (Lipinski definition) is 3. The zero-order valence-electron chi connectivity index (χ0n) is 13.2. The molecule has 1 fully saturated rings. The van der Waals surface area contributed by atoms with Crippen molar-refractivity contribution in [2.45, 2.75) is 42.8 Å². The predicted molar refractivity (Wildman–Crippen MR) is 89.2 cm³/mol. The van der Waals surface area contributed by atoms with Crippen molar-refractivity contribution in [3.63, 3.8) is 0 Å². The summed E-state index contributed by atoms with van der Waals surface area (Å²) in [6.07, 6.45) is 3.25. The van der Waals surface area contributed by atoms with Crippen LogP contribution in [0.2, 0.25) is 0 Å². The molecule has 0 aromatic heterocycles. The van der Waals surface area contributed by atoms with Crippen molar-refractivity contribution in [1.82, 2.24) is 4.90 Å². The summed E-state index contributed by atoms with van der Waals surface area (Å²) < 4.78 is -1.04. The van der Waals surface area contributed by atoms with Crippen LogP contribution in [0.4, 0.5) is 5.69 Å². The third kappa shape index (κ3) is 2.41. The van der Waals surface area contributed by atoms with Crippen molar-refractivity contribution in [3.05, 3.63) is 24.3 Å². The minimum atomic E-state index is -1.04. The summed E-state index contributed by atoms with van der Waals surface area (Å²) in [6.45, 7) is 5.87. The Hall–Kier alpha value is -1.49. The lowest BCUT2D eigenvalue weighted by molar-refractivity contribution is -0.139. The van der Waals surface area contributed by atoms with Gasteiger partial charge in [-0.2, -0.15) is 0 Å². The van der Waals surface area contributed by atoms with Gasteiger partial charge in [0, 0.05) is 24.5 Å². The number of carbonyl (C=O) groups is 2. The van der Waals surface area contributed by atoms with E-state index in [1.54, 1.807) is 11.8 Å². The fraction of sp³-hybridized carbons (Fsp3) is 0.529. The average molecular weight is 318 g/mol. The topological polar surface area (TPSA) is 40.6 Å². The molecule has 3 rings (SSSR count). The van der Waals surface area contributed by atoms with Crippen LogP contribution in [0, 0.1) is 0 Å². The monoisotopic (exact) mass is 318 g/mol. The summed E-state index contributed by atoms with van der Waals surface area (Å²) in [5, 5.41) is 0. The number of benzene rings is 1. The number of rotatable bonds is 2. The molecule has 2 aliphatic rings. The Kier molecular flexibility index (Phi) is 4.17. The van der Waals surface area contributed by atoms with E-state index in [2.05, 4.69) is 0 Å². The van der Waals surface area contributed by atoms with Crippen molar-refractivity contribution in [1.29, 1.82) is 0 Å². The SMILES string of the molecule is CCN1C(=O)C(C)(C(=O)N2CCCCC2)Sc2ccccc21. The first-order chi connectivity index (χ1) is 10.6. The van der Waals surface area contributed by atoms with Crippen LogP contribution >= 0.6 is 11.8 Å². The molecule has 0 spiro atoms. The van der Waals surface area contributed by atoms with Crippen LogP contribution in [-0.2, 0) is 9.59 Å². The third-order valence-corrected chi connectivity index (χ3v) is 5.81. The number of thioether (sulfide) groups is 1. The maximum atomic E-state index is 13.0. The van der Waals surface area contributed by atoms with E-state index in [0.29, 0.717) is 6.54 Å². The normalized spacial score (nSPS) is 25.1. The number of anilines is 1. The molecule has 1 aromatic rings. The molecule has 0 radical (unpaired) electrons. The number of fused-ring (bicyclic) bond motifs is 1. The van der Waals surface area contributed by atoms with Crippen LogP contribution in [0.15, 0.2) is 29.2 Å². The highest BCUT2D eigenvalue weighted by molar-refractivity contribution is 8.02. The highest BCUT2D eigenvalue weighted by atomic mass is 32.2. The minimum absolute atomic E-state index is 0.0323. The summed E-state index contributed by atoms with van der Waals surface area (Å²) in [6, 6.07) is 7.84. The Morgan fingerprint density at radius 3 is 2.59 bits per heavy atom. The average Bonchev–Trinajstić information content (AvgIpc) is 2.56. The van der Waals surface area contributed by atoms with E-state index >= 15 is 0 Å². The lowest BCUT2D eigenvalue weighted by Gasteiger charge is -2.41. The number of likely N-dealkylation sites (tertiary alicyclic amines) is 1. The molecule has 2 aliphatic heterocycles. The Labute approximate surface area is 135 Å². The Balaban J connectivity index is 1.96. The van der Waals surface area contributed by atoms with Gasteiger partial charge in [-0.15, -0.1) is 0 Å². The van der Waals surface area contributed by atoms with Gasteiger partial charge < -0.3 is 9.80 Å². The molecule has 1 unspecified atom stereocenters. The van der Waals surface area contributed by atoms with E-state index in [-0.39, 0.29) is 11.8 Å². The Morgan fingerprint density at radius 1 is 1.23 bits per heavy atom. The highest BCUT2D eigenvalue weighted by Gasteiger charge is 2.50. The first-order valence-corrected chi connectivity index (χ1v) is 8.79. The second kappa shape index (κ2) is 5.95. The standard InChI is InChI=1S/C17H22N2O2S/c1-3-19-13-9-5-6-10-14(13)22-17(2,16(19)21)15(20)18-11-7-4-8-12-18/h5-6,9-10H,3-4,7-8,11-12H2,1-2H3. The van der Waals surface area contributed by atoms with E-state index in [4.69, 9.17) is 0 Å². The van der Waals surface area contributed by atoms with Crippen LogP contribution in [0.1, 0.15) is 33.1 Å². The minimum Gasteiger partial charge on any atom is -0.341 e. The molecule has 0 bridgehead atoms. The number of amides is 2. The van der Waals surface area contributed by atoms with E-state index in [1.165, 1.54) is 18.2 Å². The quantitative estimate of drug-likeness (QED) is 0.787. The maximum absolute atomic E-state index is 13.0. The van der Waals surface area contributed by atoms with Gasteiger partial charge in [0.15, 0.2) is 4.75 Å². The number of piperidine rings is 1. The van der Waals surface area contributed by atoms with Crippen molar-refractivity contribution in [2.75, 3.05) is 24.5 Å². The van der Waals surface area contributed by atoms with Gasteiger partial charge in [0.1, 0.15) is 0 Å². The molecule has 0 N–H and O–H groups in total. The Bertz CT molecular complexity index is 598. The molecule has 2 heterocycles. The number of hydrogen-bond donors (Lipinski definition) is 0. The van der Waals surface area contributed by atoms with Crippen LogP contribution in [0.5, 0.6) is 0 Å². The summed E-state index contributed by atoms with van der Waals surface area (Å²) in [4.78, 5) is 30.6. The second-order valence-corrected chi connectivity index (χ2v) is 7.47. The van der Waals surface area contributed by atoms with E-state index in [1.807, 2.05) is 36.1 Å². The van der Waals surface area contributed by atoms with Crippen molar-refractivity contribution >= 4 is 29.3 Å². The summed E-state index contributed by atoms with van der Waals surface area (Å²) in [7, 11) is 0. The van der Waals surface area contributed by atoms with Crippen molar-refractivity contribution < 1.29 is 9.59 Å². The fourth-order valence-corrected chi connectivity index (χ4v) is 4.53. The van der Waals surface area contributed by atoms with Gasteiger partial charge in [-0.3, -0.25) is 9.59 Å². The summed E-state index contributed by atoms with van der Waals surface area (Å²) in [5.74, 6) is -0.121. The van der Waals surface area contributed by atoms with Gasteiger partial charge in [0.05, 0.1) is 5.69 Å². The fourth-order valence-electron chi connectivity index (χ4n) is 3.24. The summed E-state index contributed by atoms with van der Waals surface area (Å²) >= 11 is 1.41. The van der Waals surface area contributed by atoms with Crippen molar-refractivity contribution in [2.24, 2.45) is 0 Å². The summed E-state index contributed by atoms with van der Waals surface area (Å²) in [5.41, 5.74) is 0.920. The third-order valence-electron chi connectivity index (χ3n) is 4.49. The molecule has 2 amide bonds.